The summed E-state index contributed by atoms with van der Waals surface area (Å²) in [6.07, 6.45) is -14.3. The molecule has 0 unspecified atom stereocenters. The van der Waals surface area contributed by atoms with Gasteiger partial charge in [-0.05, 0) is 49.2 Å². The quantitative estimate of drug-likeness (QED) is 0.199. The van der Waals surface area contributed by atoms with Gasteiger partial charge in [-0.15, -0.1) is 0 Å². The SMILES string of the molecule is Cc1cc2c(Nc3c([N+](=O)[O-])cc([N+](=O)[O-])cc3C(F)(F)F)ccc(OC(F)(F)C(F)F)c2cc1C. The Morgan fingerprint density at radius 2 is 1.47 bits per heavy atom. The lowest BCUT2D eigenvalue weighted by molar-refractivity contribution is -0.394. The van der Waals surface area contributed by atoms with Crippen LogP contribution in [0.4, 0.5) is 53.5 Å². The Morgan fingerprint density at radius 3 is 1.97 bits per heavy atom. The summed E-state index contributed by atoms with van der Waals surface area (Å²) in [5.74, 6) is -0.724. The Hall–Kier alpha value is -4.17. The van der Waals surface area contributed by atoms with Crippen LogP contribution in [0.1, 0.15) is 16.7 Å². The zero-order valence-electron chi connectivity index (χ0n) is 18.1. The number of alkyl halides is 7. The normalized spacial score (nSPS) is 12.2. The molecule has 192 valence electrons. The fourth-order valence-corrected chi connectivity index (χ4v) is 3.32. The highest BCUT2D eigenvalue weighted by Gasteiger charge is 2.44. The first-order valence-corrected chi connectivity index (χ1v) is 9.73. The number of nitrogens with zero attached hydrogens (tertiary/aromatic N) is 2. The number of nitrogens with one attached hydrogen (secondary N) is 1. The van der Waals surface area contributed by atoms with E-state index in [9.17, 15) is 51.0 Å². The summed E-state index contributed by atoms with van der Waals surface area (Å²) < 4.78 is 97.9. The number of ether oxygens (including phenoxy) is 1. The van der Waals surface area contributed by atoms with Crippen LogP contribution in [0.3, 0.4) is 0 Å². The number of nitro benzene ring substituents is 2. The van der Waals surface area contributed by atoms with Crippen molar-refractivity contribution in [1.29, 1.82) is 0 Å². The molecule has 0 aliphatic heterocycles. The minimum absolute atomic E-state index is 0.0959. The van der Waals surface area contributed by atoms with Crippen molar-refractivity contribution in [2.24, 2.45) is 0 Å². The molecule has 3 aromatic rings. The Kier molecular flexibility index (Phi) is 6.70. The molecule has 0 atom stereocenters. The van der Waals surface area contributed by atoms with Gasteiger partial charge in [0, 0.05) is 22.5 Å². The first-order valence-electron chi connectivity index (χ1n) is 9.73. The molecule has 0 saturated heterocycles. The molecule has 1 N–H and O–H groups in total. The van der Waals surface area contributed by atoms with E-state index in [1.807, 2.05) is 0 Å². The van der Waals surface area contributed by atoms with Crippen molar-refractivity contribution in [2.75, 3.05) is 5.32 Å². The average Bonchev–Trinajstić information content (AvgIpc) is 2.75. The van der Waals surface area contributed by atoms with Crippen LogP contribution in [-0.2, 0) is 6.18 Å². The fraction of sp³-hybridized carbons (Fsp3) is 0.238. The predicted octanol–water partition coefficient (Wildman–Crippen LogP) is 7.27. The van der Waals surface area contributed by atoms with Gasteiger partial charge in [-0.1, -0.05) is 0 Å². The van der Waals surface area contributed by atoms with Crippen molar-refractivity contribution in [1.82, 2.24) is 0 Å². The Balaban J connectivity index is 2.29. The molecule has 3 rings (SSSR count). The number of rotatable bonds is 7. The van der Waals surface area contributed by atoms with Gasteiger partial charge in [0.1, 0.15) is 11.4 Å². The summed E-state index contributed by atoms with van der Waals surface area (Å²) in [4.78, 5) is 20.0. The molecule has 0 aliphatic carbocycles. The second-order valence-electron chi connectivity index (χ2n) is 7.58. The molecule has 15 heteroatoms. The fourth-order valence-electron chi connectivity index (χ4n) is 3.32. The molecule has 0 saturated carbocycles. The maximum absolute atomic E-state index is 13.7. The van der Waals surface area contributed by atoms with Gasteiger partial charge in [0.25, 0.3) is 11.4 Å². The zero-order chi connectivity index (χ0) is 27.2. The van der Waals surface area contributed by atoms with Crippen LogP contribution in [-0.4, -0.2) is 22.4 Å². The van der Waals surface area contributed by atoms with E-state index in [0.717, 1.165) is 12.1 Å². The Morgan fingerprint density at radius 1 is 0.889 bits per heavy atom. The Bertz CT molecular complexity index is 1380. The van der Waals surface area contributed by atoms with E-state index in [0.29, 0.717) is 17.2 Å². The lowest BCUT2D eigenvalue weighted by Gasteiger charge is -2.21. The maximum Gasteiger partial charge on any atom is 0.461 e. The highest BCUT2D eigenvalue weighted by Crippen LogP contribution is 2.45. The lowest BCUT2D eigenvalue weighted by Crippen LogP contribution is -2.33. The standard InChI is InChI=1S/C21H14F7N3O5/c1-9-5-12-13(6-10(9)2)17(36-21(27,28)19(22)23)4-3-15(12)29-18-14(20(24,25)26)7-11(30(32)33)8-16(18)31(34)35/h3-8,19,29H,1-2H3. The minimum atomic E-state index is -5.27. The van der Waals surface area contributed by atoms with E-state index in [4.69, 9.17) is 0 Å². The third-order valence-electron chi connectivity index (χ3n) is 5.17. The number of hydrogen-bond acceptors (Lipinski definition) is 6. The molecule has 8 nitrogen and oxygen atoms in total. The number of non-ortho nitro benzene ring substituents is 1. The van der Waals surface area contributed by atoms with E-state index >= 15 is 0 Å². The van der Waals surface area contributed by atoms with Crippen molar-refractivity contribution in [3.05, 3.63) is 73.3 Å². The van der Waals surface area contributed by atoms with E-state index in [1.165, 1.54) is 12.1 Å². The second kappa shape index (κ2) is 9.13. The van der Waals surface area contributed by atoms with Gasteiger partial charge in [0.05, 0.1) is 21.5 Å². The van der Waals surface area contributed by atoms with Crippen LogP contribution in [0.25, 0.3) is 10.8 Å². The zero-order valence-corrected chi connectivity index (χ0v) is 18.1. The number of aryl methyl sites for hydroxylation is 2. The van der Waals surface area contributed by atoms with Gasteiger partial charge in [-0.3, -0.25) is 20.2 Å². The van der Waals surface area contributed by atoms with Crippen LogP contribution in [0.5, 0.6) is 5.75 Å². The lowest BCUT2D eigenvalue weighted by atomic mass is 10.00. The summed E-state index contributed by atoms with van der Waals surface area (Å²) in [5, 5.41) is 24.5. The van der Waals surface area contributed by atoms with Crippen LogP contribution in [0, 0.1) is 34.1 Å². The molecule has 0 bridgehead atoms. The number of nitro groups is 2. The van der Waals surface area contributed by atoms with Crippen LogP contribution < -0.4 is 10.1 Å². The molecular formula is C21H14F7N3O5. The summed E-state index contributed by atoms with van der Waals surface area (Å²) in [6.45, 7) is 3.11. The largest absolute Gasteiger partial charge is 0.461 e. The van der Waals surface area contributed by atoms with Crippen molar-refractivity contribution >= 4 is 33.5 Å². The van der Waals surface area contributed by atoms with Crippen LogP contribution in [0.2, 0.25) is 0 Å². The third-order valence-corrected chi connectivity index (χ3v) is 5.17. The molecule has 0 aromatic heterocycles. The van der Waals surface area contributed by atoms with Gasteiger partial charge in [0.15, 0.2) is 0 Å². The number of fused-ring (bicyclic) bond motifs is 1. The van der Waals surface area contributed by atoms with Crippen molar-refractivity contribution in [2.45, 2.75) is 32.6 Å². The van der Waals surface area contributed by atoms with E-state index < -0.39 is 56.9 Å². The first kappa shape index (κ1) is 26.4. The molecule has 0 spiro atoms. The predicted molar refractivity (Wildman–Crippen MR) is 113 cm³/mol. The number of anilines is 2. The summed E-state index contributed by atoms with van der Waals surface area (Å²) >= 11 is 0. The van der Waals surface area contributed by atoms with E-state index in [1.54, 1.807) is 13.8 Å². The van der Waals surface area contributed by atoms with Gasteiger partial charge in [0.2, 0.25) is 0 Å². The molecule has 0 fully saturated rings. The van der Waals surface area contributed by atoms with Crippen molar-refractivity contribution in [3.8, 4) is 5.75 Å². The average molecular weight is 521 g/mol. The summed E-state index contributed by atoms with van der Waals surface area (Å²) in [7, 11) is 0. The highest BCUT2D eigenvalue weighted by molar-refractivity contribution is 6.01. The molecule has 3 aromatic carbocycles. The summed E-state index contributed by atoms with van der Waals surface area (Å²) in [6, 6.07) is 4.70. The van der Waals surface area contributed by atoms with Crippen LogP contribution >= 0.6 is 0 Å². The molecule has 0 aliphatic rings. The molecule has 0 amide bonds. The molecular weight excluding hydrogens is 507 g/mol. The molecule has 36 heavy (non-hydrogen) atoms. The van der Waals surface area contributed by atoms with Crippen molar-refractivity contribution < 1.29 is 45.3 Å². The maximum atomic E-state index is 13.7. The van der Waals surface area contributed by atoms with Gasteiger partial charge < -0.3 is 10.1 Å². The smallest absolute Gasteiger partial charge is 0.428 e. The van der Waals surface area contributed by atoms with Crippen LogP contribution in [0.15, 0.2) is 36.4 Å². The van der Waals surface area contributed by atoms with E-state index in [2.05, 4.69) is 10.1 Å². The highest BCUT2D eigenvalue weighted by atomic mass is 19.4. The topological polar surface area (TPSA) is 108 Å². The number of benzene rings is 3. The Labute approximate surface area is 196 Å². The van der Waals surface area contributed by atoms with Gasteiger partial charge in [-0.2, -0.15) is 30.7 Å². The number of hydrogen-bond donors (Lipinski definition) is 1. The third kappa shape index (κ3) is 5.08. The van der Waals surface area contributed by atoms with Gasteiger partial charge in [-0.25, -0.2) is 0 Å². The number of halogens is 7. The van der Waals surface area contributed by atoms with E-state index in [-0.39, 0.29) is 22.5 Å². The minimum Gasteiger partial charge on any atom is -0.428 e. The van der Waals surface area contributed by atoms with Crippen molar-refractivity contribution in [3.63, 3.8) is 0 Å². The monoisotopic (exact) mass is 521 g/mol. The van der Waals surface area contributed by atoms with Gasteiger partial charge >= 0.3 is 18.7 Å². The second-order valence-corrected chi connectivity index (χ2v) is 7.58. The molecule has 0 radical (unpaired) electrons. The summed E-state index contributed by atoms with van der Waals surface area (Å²) in [5.41, 5.74) is -4.62. The first-order chi connectivity index (χ1) is 16.5. The molecule has 0 heterocycles.